The third-order valence-corrected chi connectivity index (χ3v) is 5.40. The first kappa shape index (κ1) is 21.7. The summed E-state index contributed by atoms with van der Waals surface area (Å²) in [4.78, 5) is 27.8. The molecule has 3 rings (SSSR count). The van der Waals surface area contributed by atoms with Gasteiger partial charge < -0.3 is 20.4 Å². The molecule has 0 radical (unpaired) electrons. The van der Waals surface area contributed by atoms with Crippen molar-refractivity contribution in [3.63, 3.8) is 0 Å². The lowest BCUT2D eigenvalue weighted by Crippen LogP contribution is -3.11. The Morgan fingerprint density at radius 2 is 1.70 bits per heavy atom. The lowest BCUT2D eigenvalue weighted by Gasteiger charge is -2.25. The number of nitrogens with zero attached hydrogens (tertiary/aromatic N) is 1. The Morgan fingerprint density at radius 3 is 2.30 bits per heavy atom. The van der Waals surface area contributed by atoms with Crippen molar-refractivity contribution in [1.82, 2.24) is 5.32 Å². The summed E-state index contributed by atoms with van der Waals surface area (Å²) in [6.07, 6.45) is 2.25. The average Bonchev–Trinajstić information content (AvgIpc) is 3.25. The molecule has 0 aromatic heterocycles. The van der Waals surface area contributed by atoms with Crippen molar-refractivity contribution in [2.24, 2.45) is 0 Å². The molecule has 1 aliphatic heterocycles. The first-order valence-corrected chi connectivity index (χ1v) is 10.0. The van der Waals surface area contributed by atoms with Gasteiger partial charge in [-0.3, -0.25) is 9.59 Å². The molecule has 1 atom stereocenters. The van der Waals surface area contributed by atoms with Crippen LogP contribution in [0.2, 0.25) is 0 Å². The van der Waals surface area contributed by atoms with Gasteiger partial charge in [-0.25, -0.2) is 8.78 Å². The maximum atomic E-state index is 13.7. The molecule has 2 amide bonds. The summed E-state index contributed by atoms with van der Waals surface area (Å²) in [6.45, 7) is 2.29. The molecule has 0 bridgehead atoms. The molecule has 1 fully saturated rings. The van der Waals surface area contributed by atoms with Crippen LogP contribution in [-0.4, -0.2) is 45.5 Å². The predicted octanol–water partition coefficient (Wildman–Crippen LogP) is 1.51. The van der Waals surface area contributed by atoms with Crippen LogP contribution < -0.4 is 20.4 Å². The van der Waals surface area contributed by atoms with Crippen LogP contribution >= 0.6 is 0 Å². The monoisotopic (exact) mass is 417 g/mol. The van der Waals surface area contributed by atoms with E-state index in [-0.39, 0.29) is 18.3 Å². The molecule has 1 aliphatic rings. The Morgan fingerprint density at radius 1 is 1.03 bits per heavy atom. The zero-order valence-electron chi connectivity index (χ0n) is 17.2. The van der Waals surface area contributed by atoms with E-state index in [2.05, 4.69) is 10.6 Å². The largest absolute Gasteiger partial charge is 0.378 e. The molecular formula is C22H27F2N4O2+. The molecule has 2 aromatic carbocycles. The van der Waals surface area contributed by atoms with Gasteiger partial charge in [0.25, 0.3) is 0 Å². The number of amides is 2. The van der Waals surface area contributed by atoms with E-state index in [0.29, 0.717) is 6.07 Å². The molecule has 1 heterocycles. The maximum Gasteiger partial charge on any atom is 0.313 e. The predicted molar refractivity (Wildman–Crippen MR) is 111 cm³/mol. The van der Waals surface area contributed by atoms with Gasteiger partial charge in [0.15, 0.2) is 0 Å². The number of benzene rings is 2. The number of halogens is 2. The van der Waals surface area contributed by atoms with E-state index in [4.69, 9.17) is 0 Å². The van der Waals surface area contributed by atoms with Crippen LogP contribution in [0, 0.1) is 11.6 Å². The molecule has 2 aromatic rings. The van der Waals surface area contributed by atoms with Gasteiger partial charge in [-0.2, -0.15) is 0 Å². The van der Waals surface area contributed by atoms with Crippen LogP contribution in [0.1, 0.15) is 24.4 Å². The minimum absolute atomic E-state index is 0.0167. The number of rotatable bonds is 6. The Balaban J connectivity index is 1.65. The topological polar surface area (TPSA) is 65.9 Å². The van der Waals surface area contributed by atoms with E-state index >= 15 is 0 Å². The molecular weight excluding hydrogens is 390 g/mol. The highest BCUT2D eigenvalue weighted by molar-refractivity contribution is 6.39. The molecule has 3 N–H and O–H groups in total. The third-order valence-electron chi connectivity index (χ3n) is 5.40. The Hall–Kier alpha value is -3.00. The van der Waals surface area contributed by atoms with Gasteiger partial charge >= 0.3 is 11.8 Å². The van der Waals surface area contributed by atoms with Gasteiger partial charge in [-0.15, -0.1) is 0 Å². The molecule has 6 nitrogen and oxygen atoms in total. The van der Waals surface area contributed by atoms with E-state index < -0.39 is 23.4 Å². The fraction of sp³-hybridized carbons (Fsp3) is 0.364. The van der Waals surface area contributed by atoms with Crippen LogP contribution in [0.5, 0.6) is 0 Å². The van der Waals surface area contributed by atoms with Gasteiger partial charge in [0.1, 0.15) is 17.7 Å². The Kier molecular flexibility index (Phi) is 6.99. The number of nitrogens with one attached hydrogen (secondary N) is 3. The summed E-state index contributed by atoms with van der Waals surface area (Å²) in [6, 6.07) is 10.9. The standard InChI is InChI=1S/C22H26F2N4O2/c1-27(2)17-8-5-15(6-9-17)20(28-11-3-4-12-28)14-25-21(29)22(30)26-19-10-7-16(23)13-18(19)24/h5-10,13,20H,3-4,11-12,14H2,1-2H3,(H,25,29)(H,26,30)/p+1/t20-/m1/s1. The summed E-state index contributed by atoms with van der Waals surface area (Å²) in [5.41, 5.74) is 1.93. The number of quaternary nitrogens is 1. The van der Waals surface area contributed by atoms with E-state index in [1.54, 1.807) is 0 Å². The molecule has 0 spiro atoms. The fourth-order valence-corrected chi connectivity index (χ4v) is 3.73. The highest BCUT2D eigenvalue weighted by Crippen LogP contribution is 2.17. The Labute approximate surface area is 174 Å². The lowest BCUT2D eigenvalue weighted by atomic mass is 10.0. The molecule has 1 saturated heterocycles. The second-order valence-corrected chi connectivity index (χ2v) is 7.69. The minimum Gasteiger partial charge on any atom is -0.378 e. The highest BCUT2D eigenvalue weighted by atomic mass is 19.1. The van der Waals surface area contributed by atoms with E-state index in [0.717, 1.165) is 49.3 Å². The van der Waals surface area contributed by atoms with Crippen molar-refractivity contribution < 1.29 is 23.3 Å². The number of carbonyl (C=O) groups is 2. The molecule has 0 aliphatic carbocycles. The first-order chi connectivity index (χ1) is 14.3. The number of likely N-dealkylation sites (tertiary alicyclic amines) is 1. The van der Waals surface area contributed by atoms with Crippen LogP contribution in [-0.2, 0) is 9.59 Å². The smallest absolute Gasteiger partial charge is 0.313 e. The van der Waals surface area contributed by atoms with E-state index in [1.807, 2.05) is 43.3 Å². The summed E-state index contributed by atoms with van der Waals surface area (Å²) in [5, 5.41) is 4.85. The number of carbonyl (C=O) groups excluding carboxylic acids is 2. The van der Waals surface area contributed by atoms with Gasteiger partial charge in [0, 0.05) is 44.3 Å². The maximum absolute atomic E-state index is 13.7. The minimum atomic E-state index is -0.987. The second kappa shape index (κ2) is 9.67. The second-order valence-electron chi connectivity index (χ2n) is 7.69. The normalized spacial score (nSPS) is 14.9. The highest BCUT2D eigenvalue weighted by Gasteiger charge is 2.28. The number of hydrogen-bond donors (Lipinski definition) is 3. The van der Waals surface area contributed by atoms with Gasteiger partial charge in [-0.05, 0) is 24.3 Å². The van der Waals surface area contributed by atoms with Crippen molar-refractivity contribution in [3.8, 4) is 0 Å². The van der Waals surface area contributed by atoms with Crippen molar-refractivity contribution in [2.75, 3.05) is 43.9 Å². The van der Waals surface area contributed by atoms with Crippen molar-refractivity contribution in [2.45, 2.75) is 18.9 Å². The van der Waals surface area contributed by atoms with Crippen LogP contribution in [0.25, 0.3) is 0 Å². The Bertz CT molecular complexity index is 897. The van der Waals surface area contributed by atoms with Crippen molar-refractivity contribution >= 4 is 23.2 Å². The molecule has 160 valence electrons. The van der Waals surface area contributed by atoms with Crippen molar-refractivity contribution in [3.05, 3.63) is 59.7 Å². The molecule has 8 heteroatoms. The van der Waals surface area contributed by atoms with Gasteiger partial charge in [0.05, 0.1) is 25.3 Å². The van der Waals surface area contributed by atoms with Crippen molar-refractivity contribution in [1.29, 1.82) is 0 Å². The van der Waals surface area contributed by atoms with E-state index in [1.165, 1.54) is 4.90 Å². The van der Waals surface area contributed by atoms with Crippen LogP contribution in [0.15, 0.2) is 42.5 Å². The first-order valence-electron chi connectivity index (χ1n) is 10.0. The zero-order valence-corrected chi connectivity index (χ0v) is 17.2. The fourth-order valence-electron chi connectivity index (χ4n) is 3.73. The lowest BCUT2D eigenvalue weighted by molar-refractivity contribution is -0.918. The summed E-state index contributed by atoms with van der Waals surface area (Å²) < 4.78 is 26.7. The summed E-state index contributed by atoms with van der Waals surface area (Å²) in [7, 11) is 3.95. The average molecular weight is 417 g/mol. The molecule has 0 unspecified atom stereocenters. The zero-order chi connectivity index (χ0) is 21.7. The van der Waals surface area contributed by atoms with E-state index in [9.17, 15) is 18.4 Å². The molecule has 30 heavy (non-hydrogen) atoms. The van der Waals surface area contributed by atoms with Gasteiger partial charge in [0.2, 0.25) is 0 Å². The van der Waals surface area contributed by atoms with Crippen LogP contribution in [0.4, 0.5) is 20.2 Å². The third kappa shape index (κ3) is 5.33. The quantitative estimate of drug-likeness (QED) is 0.625. The van der Waals surface area contributed by atoms with Gasteiger partial charge in [-0.1, -0.05) is 12.1 Å². The summed E-state index contributed by atoms with van der Waals surface area (Å²) in [5.74, 6) is -3.53. The number of hydrogen-bond acceptors (Lipinski definition) is 3. The SMILES string of the molecule is CN(C)c1ccc([C@@H](CNC(=O)C(=O)Nc2ccc(F)cc2F)[NH+]2CCCC2)cc1. The number of anilines is 2. The molecule has 0 saturated carbocycles. The summed E-state index contributed by atoms with van der Waals surface area (Å²) >= 11 is 0. The van der Waals surface area contributed by atoms with Crippen LogP contribution in [0.3, 0.4) is 0 Å².